The Morgan fingerprint density at radius 3 is 2.60 bits per heavy atom. The number of ether oxygens (including phenoxy) is 1. The Labute approximate surface area is 92.5 Å². The molecule has 1 saturated carbocycles. The number of hydrogen-bond acceptors (Lipinski definition) is 1. The van der Waals surface area contributed by atoms with Crippen LogP contribution in [-0.4, -0.2) is 7.11 Å². The fourth-order valence-electron chi connectivity index (χ4n) is 2.76. The van der Waals surface area contributed by atoms with Gasteiger partial charge in [-0.15, -0.1) is 0 Å². The lowest BCUT2D eigenvalue weighted by molar-refractivity contribution is -0.0123. The summed E-state index contributed by atoms with van der Waals surface area (Å²) in [5.74, 6) is 0.838. The minimum Gasteiger partial charge on any atom is -0.374 e. The maximum atomic E-state index is 5.82. The molecule has 1 aromatic rings. The molecule has 0 aliphatic heterocycles. The van der Waals surface area contributed by atoms with Gasteiger partial charge >= 0.3 is 0 Å². The molecule has 0 N–H and O–H groups in total. The molecule has 1 aliphatic carbocycles. The number of rotatable bonds is 3. The van der Waals surface area contributed by atoms with E-state index in [1.54, 1.807) is 0 Å². The normalized spacial score (nSPS) is 30.7. The zero-order chi connectivity index (χ0) is 10.7. The van der Waals surface area contributed by atoms with Gasteiger partial charge in [0, 0.05) is 7.11 Å². The van der Waals surface area contributed by atoms with Crippen molar-refractivity contribution < 1.29 is 4.74 Å². The van der Waals surface area contributed by atoms with Crippen molar-refractivity contribution in [3.05, 3.63) is 35.9 Å². The molecular weight excluding hydrogens is 184 g/mol. The second-order valence-electron chi connectivity index (χ2n) is 4.58. The van der Waals surface area contributed by atoms with Gasteiger partial charge < -0.3 is 4.74 Å². The highest BCUT2D eigenvalue weighted by molar-refractivity contribution is 5.24. The third kappa shape index (κ3) is 1.93. The Kier molecular flexibility index (Phi) is 3.11. The largest absolute Gasteiger partial charge is 0.374 e. The predicted molar refractivity (Wildman–Crippen MR) is 62.8 cm³/mol. The topological polar surface area (TPSA) is 9.23 Å². The van der Waals surface area contributed by atoms with Crippen molar-refractivity contribution in [1.82, 2.24) is 0 Å². The van der Waals surface area contributed by atoms with Gasteiger partial charge in [0.15, 0.2) is 0 Å². The first-order chi connectivity index (χ1) is 7.30. The fourth-order valence-corrected chi connectivity index (χ4v) is 2.76. The van der Waals surface area contributed by atoms with Crippen LogP contribution in [0.15, 0.2) is 30.3 Å². The molecule has 1 heteroatoms. The van der Waals surface area contributed by atoms with E-state index in [9.17, 15) is 0 Å². The van der Waals surface area contributed by atoms with Gasteiger partial charge in [0.2, 0.25) is 0 Å². The Balaban J connectivity index is 2.24. The summed E-state index contributed by atoms with van der Waals surface area (Å²) < 4.78 is 5.82. The minimum absolute atomic E-state index is 0.00192. The van der Waals surface area contributed by atoms with Crippen LogP contribution < -0.4 is 0 Å². The summed E-state index contributed by atoms with van der Waals surface area (Å²) in [5, 5.41) is 0. The van der Waals surface area contributed by atoms with E-state index in [0.29, 0.717) is 0 Å². The van der Waals surface area contributed by atoms with Crippen LogP contribution in [0.3, 0.4) is 0 Å². The Morgan fingerprint density at radius 1 is 1.33 bits per heavy atom. The number of methoxy groups -OCH3 is 1. The Morgan fingerprint density at radius 2 is 2.07 bits per heavy atom. The molecule has 0 bridgehead atoms. The molecule has 1 nitrogen and oxygen atoms in total. The monoisotopic (exact) mass is 204 g/mol. The second-order valence-corrected chi connectivity index (χ2v) is 4.58. The van der Waals surface area contributed by atoms with Crippen LogP contribution in [0.1, 0.15) is 38.2 Å². The predicted octanol–water partition coefficient (Wildman–Crippen LogP) is 3.74. The first-order valence-corrected chi connectivity index (χ1v) is 5.91. The third-order valence-electron chi connectivity index (χ3n) is 3.84. The molecule has 1 fully saturated rings. The van der Waals surface area contributed by atoms with Crippen molar-refractivity contribution in [2.45, 2.75) is 38.2 Å². The summed E-state index contributed by atoms with van der Waals surface area (Å²) >= 11 is 0. The molecule has 2 atom stereocenters. The van der Waals surface area contributed by atoms with E-state index in [1.807, 2.05) is 7.11 Å². The summed E-state index contributed by atoms with van der Waals surface area (Å²) in [6, 6.07) is 10.7. The number of hydrogen-bond donors (Lipinski definition) is 0. The summed E-state index contributed by atoms with van der Waals surface area (Å²) in [4.78, 5) is 0. The average molecular weight is 204 g/mol. The summed E-state index contributed by atoms with van der Waals surface area (Å²) in [6.45, 7) is 2.28. The molecule has 0 spiro atoms. The van der Waals surface area contributed by atoms with Gasteiger partial charge in [0.05, 0.1) is 5.60 Å². The fraction of sp³-hybridized carbons (Fsp3) is 0.571. The molecule has 2 rings (SSSR count). The molecular formula is C14H20O. The highest BCUT2D eigenvalue weighted by atomic mass is 16.5. The van der Waals surface area contributed by atoms with Crippen molar-refractivity contribution in [3.8, 4) is 0 Å². The minimum atomic E-state index is 0.00192. The maximum Gasteiger partial charge on any atom is 0.0930 e. The van der Waals surface area contributed by atoms with Crippen LogP contribution >= 0.6 is 0 Å². The lowest BCUT2D eigenvalue weighted by Crippen LogP contribution is -2.24. The van der Waals surface area contributed by atoms with Crippen molar-refractivity contribution in [2.75, 3.05) is 7.11 Å². The quantitative estimate of drug-likeness (QED) is 0.728. The zero-order valence-corrected chi connectivity index (χ0v) is 9.70. The van der Waals surface area contributed by atoms with E-state index in [1.165, 1.54) is 31.2 Å². The van der Waals surface area contributed by atoms with Crippen molar-refractivity contribution >= 4 is 0 Å². The second kappa shape index (κ2) is 4.36. The van der Waals surface area contributed by atoms with Crippen molar-refractivity contribution in [1.29, 1.82) is 0 Å². The van der Waals surface area contributed by atoms with E-state index >= 15 is 0 Å². The van der Waals surface area contributed by atoms with Crippen LogP contribution in [0.25, 0.3) is 0 Å². The van der Waals surface area contributed by atoms with Crippen molar-refractivity contribution in [3.63, 3.8) is 0 Å². The maximum absolute atomic E-state index is 5.82. The first-order valence-electron chi connectivity index (χ1n) is 5.91. The number of benzene rings is 1. The van der Waals surface area contributed by atoms with Crippen molar-refractivity contribution in [2.24, 2.45) is 5.92 Å². The van der Waals surface area contributed by atoms with Crippen LogP contribution in [0.4, 0.5) is 0 Å². The first kappa shape index (κ1) is 10.7. The van der Waals surface area contributed by atoms with E-state index in [-0.39, 0.29) is 5.60 Å². The third-order valence-corrected chi connectivity index (χ3v) is 3.84. The molecule has 0 radical (unpaired) electrons. The van der Waals surface area contributed by atoms with Gasteiger partial charge in [-0.1, -0.05) is 43.7 Å². The van der Waals surface area contributed by atoms with Gasteiger partial charge in [0.25, 0.3) is 0 Å². The Hall–Kier alpha value is -0.820. The molecule has 82 valence electrons. The van der Waals surface area contributed by atoms with Crippen LogP contribution in [0.2, 0.25) is 0 Å². The van der Waals surface area contributed by atoms with E-state index in [0.717, 1.165) is 5.92 Å². The lowest BCUT2D eigenvalue weighted by atomic mass is 9.90. The standard InChI is InChI=1S/C14H20O/c1-3-12-9-10-14(11-12,15-2)13-7-5-4-6-8-13/h4-8,12H,3,9-11H2,1-2H3. The van der Waals surface area contributed by atoms with Crippen LogP contribution in [-0.2, 0) is 10.3 Å². The zero-order valence-electron chi connectivity index (χ0n) is 9.70. The van der Waals surface area contributed by atoms with Gasteiger partial charge in [0.1, 0.15) is 0 Å². The van der Waals surface area contributed by atoms with Gasteiger partial charge in [-0.25, -0.2) is 0 Å². The summed E-state index contributed by atoms with van der Waals surface area (Å²) in [6.07, 6.45) is 4.94. The average Bonchev–Trinajstić information content (AvgIpc) is 2.75. The Bertz CT molecular complexity index is 306. The van der Waals surface area contributed by atoms with Crippen LogP contribution in [0.5, 0.6) is 0 Å². The molecule has 0 heterocycles. The highest BCUT2D eigenvalue weighted by Crippen LogP contribution is 2.45. The smallest absolute Gasteiger partial charge is 0.0930 e. The molecule has 2 unspecified atom stereocenters. The molecule has 0 saturated heterocycles. The van der Waals surface area contributed by atoms with Crippen LogP contribution in [0, 0.1) is 5.92 Å². The molecule has 15 heavy (non-hydrogen) atoms. The SMILES string of the molecule is CCC1CCC(OC)(c2ccccc2)C1. The molecule has 1 aliphatic rings. The van der Waals surface area contributed by atoms with Gasteiger partial charge in [-0.2, -0.15) is 0 Å². The summed E-state index contributed by atoms with van der Waals surface area (Å²) in [7, 11) is 1.85. The summed E-state index contributed by atoms with van der Waals surface area (Å²) in [5.41, 5.74) is 1.35. The van der Waals surface area contributed by atoms with Gasteiger partial charge in [-0.3, -0.25) is 0 Å². The lowest BCUT2D eigenvalue weighted by Gasteiger charge is -2.28. The molecule has 1 aromatic carbocycles. The van der Waals surface area contributed by atoms with Gasteiger partial charge in [-0.05, 0) is 30.7 Å². The highest BCUT2D eigenvalue weighted by Gasteiger charge is 2.39. The molecule has 0 amide bonds. The van der Waals surface area contributed by atoms with E-state index < -0.39 is 0 Å². The van der Waals surface area contributed by atoms with E-state index in [2.05, 4.69) is 37.3 Å². The van der Waals surface area contributed by atoms with E-state index in [4.69, 9.17) is 4.74 Å². The molecule has 0 aromatic heterocycles.